The zero-order valence-electron chi connectivity index (χ0n) is 14.2. The van der Waals surface area contributed by atoms with Crippen LogP contribution in [0.1, 0.15) is 5.56 Å². The van der Waals surface area contributed by atoms with E-state index in [0.29, 0.717) is 13.2 Å². The van der Waals surface area contributed by atoms with Crippen LogP contribution in [0.5, 0.6) is 0 Å². The molecule has 0 atom stereocenters. The number of benzene rings is 1. The van der Waals surface area contributed by atoms with Crippen molar-refractivity contribution in [1.29, 1.82) is 0 Å². The second kappa shape index (κ2) is 10.0. The number of carbonyl (C=O) groups excluding carboxylic acids is 3. The summed E-state index contributed by atoms with van der Waals surface area (Å²) in [6.07, 6.45) is 1.35. The molecule has 26 heavy (non-hydrogen) atoms. The maximum absolute atomic E-state index is 13.7. The van der Waals surface area contributed by atoms with E-state index in [9.17, 15) is 18.8 Å². The van der Waals surface area contributed by atoms with Crippen LogP contribution in [0, 0.1) is 5.82 Å². The SMILES string of the molecule is COCCOCC(=O)NCCN1C(=O)S/C(=C\c2ccccc2F)C1=O. The average molecular weight is 382 g/mol. The fourth-order valence-electron chi connectivity index (χ4n) is 2.09. The van der Waals surface area contributed by atoms with Crippen molar-refractivity contribution in [2.75, 3.05) is 40.0 Å². The molecule has 0 spiro atoms. The van der Waals surface area contributed by atoms with Crippen LogP contribution < -0.4 is 5.32 Å². The summed E-state index contributed by atoms with van der Waals surface area (Å²) >= 11 is 0.744. The summed E-state index contributed by atoms with van der Waals surface area (Å²) in [5, 5.41) is 2.11. The Hall–Kier alpha value is -2.23. The molecule has 1 aliphatic rings. The van der Waals surface area contributed by atoms with Crippen molar-refractivity contribution in [3.8, 4) is 0 Å². The molecule has 7 nitrogen and oxygen atoms in total. The van der Waals surface area contributed by atoms with Crippen LogP contribution in [0.4, 0.5) is 9.18 Å². The van der Waals surface area contributed by atoms with E-state index in [2.05, 4.69) is 5.32 Å². The number of hydrogen-bond acceptors (Lipinski definition) is 6. The smallest absolute Gasteiger partial charge is 0.293 e. The van der Waals surface area contributed by atoms with Crippen molar-refractivity contribution in [1.82, 2.24) is 10.2 Å². The lowest BCUT2D eigenvalue weighted by atomic mass is 10.2. The number of nitrogens with zero attached hydrogens (tertiary/aromatic N) is 1. The van der Waals surface area contributed by atoms with Gasteiger partial charge < -0.3 is 14.8 Å². The predicted octanol–water partition coefficient (Wildman–Crippen LogP) is 1.64. The molecule has 0 aliphatic carbocycles. The van der Waals surface area contributed by atoms with E-state index in [1.807, 2.05) is 0 Å². The van der Waals surface area contributed by atoms with Gasteiger partial charge in [0.15, 0.2) is 0 Å². The van der Waals surface area contributed by atoms with Crippen LogP contribution in [0.15, 0.2) is 29.2 Å². The van der Waals surface area contributed by atoms with Crippen LogP contribution in [0.3, 0.4) is 0 Å². The summed E-state index contributed by atoms with van der Waals surface area (Å²) < 4.78 is 23.5. The zero-order valence-corrected chi connectivity index (χ0v) is 15.0. The fraction of sp³-hybridized carbons (Fsp3) is 0.353. The van der Waals surface area contributed by atoms with E-state index in [1.165, 1.54) is 25.3 Å². The highest BCUT2D eigenvalue weighted by Gasteiger charge is 2.34. The number of thioether (sulfide) groups is 1. The van der Waals surface area contributed by atoms with Crippen molar-refractivity contribution >= 4 is 34.9 Å². The second-order valence-corrected chi connectivity index (χ2v) is 6.24. The van der Waals surface area contributed by atoms with Gasteiger partial charge in [0.05, 0.1) is 18.1 Å². The topological polar surface area (TPSA) is 84.9 Å². The van der Waals surface area contributed by atoms with E-state index in [0.717, 1.165) is 16.7 Å². The van der Waals surface area contributed by atoms with Gasteiger partial charge in [-0.1, -0.05) is 18.2 Å². The number of imide groups is 1. The number of carbonyl (C=O) groups is 3. The lowest BCUT2D eigenvalue weighted by molar-refractivity contribution is -0.127. The van der Waals surface area contributed by atoms with Crippen LogP contribution in [0.25, 0.3) is 6.08 Å². The molecule has 0 unspecified atom stereocenters. The van der Waals surface area contributed by atoms with Gasteiger partial charge in [-0.15, -0.1) is 0 Å². The highest BCUT2D eigenvalue weighted by molar-refractivity contribution is 8.18. The molecule has 1 aliphatic heterocycles. The monoisotopic (exact) mass is 382 g/mol. The summed E-state index contributed by atoms with van der Waals surface area (Å²) in [4.78, 5) is 37.0. The molecule has 1 saturated heterocycles. The van der Waals surface area contributed by atoms with Gasteiger partial charge in [0.25, 0.3) is 11.1 Å². The summed E-state index contributed by atoms with van der Waals surface area (Å²) in [6.45, 7) is 0.700. The molecule has 9 heteroatoms. The molecule has 1 N–H and O–H groups in total. The van der Waals surface area contributed by atoms with Crippen LogP contribution in [0.2, 0.25) is 0 Å². The lowest BCUT2D eigenvalue weighted by Gasteiger charge is -2.13. The summed E-state index contributed by atoms with van der Waals surface area (Å²) in [7, 11) is 1.53. The normalized spacial score (nSPS) is 15.8. The number of amides is 3. The van der Waals surface area contributed by atoms with E-state index >= 15 is 0 Å². The molecule has 1 fully saturated rings. The zero-order chi connectivity index (χ0) is 18.9. The lowest BCUT2D eigenvalue weighted by Crippen LogP contribution is -2.38. The first-order valence-electron chi connectivity index (χ1n) is 7.86. The molecular weight excluding hydrogens is 363 g/mol. The molecule has 2 rings (SSSR count). The average Bonchev–Trinajstić information content (AvgIpc) is 2.88. The molecule has 3 amide bonds. The van der Waals surface area contributed by atoms with Crippen LogP contribution in [-0.4, -0.2) is 62.0 Å². The maximum Gasteiger partial charge on any atom is 0.293 e. The molecule has 1 aromatic carbocycles. The van der Waals surface area contributed by atoms with Gasteiger partial charge in [-0.2, -0.15) is 0 Å². The standard InChI is InChI=1S/C17H19FN2O5S/c1-24-8-9-25-11-15(21)19-6-7-20-16(22)14(26-17(20)23)10-12-4-2-3-5-13(12)18/h2-5,10H,6-9,11H2,1H3,(H,19,21)/b14-10-. The first kappa shape index (κ1) is 20.1. The number of halogens is 1. The van der Waals surface area contributed by atoms with Gasteiger partial charge in [0, 0.05) is 25.8 Å². The number of hydrogen-bond donors (Lipinski definition) is 1. The summed E-state index contributed by atoms with van der Waals surface area (Å²) in [5.41, 5.74) is 0.236. The van der Waals surface area contributed by atoms with Crippen LogP contribution in [-0.2, 0) is 19.1 Å². The predicted molar refractivity (Wildman–Crippen MR) is 94.8 cm³/mol. The first-order valence-corrected chi connectivity index (χ1v) is 8.68. The Labute approximate surface area is 154 Å². The van der Waals surface area contributed by atoms with Gasteiger partial charge in [-0.25, -0.2) is 4.39 Å². The Bertz CT molecular complexity index is 710. The number of ether oxygens (including phenoxy) is 2. The highest BCUT2D eigenvalue weighted by atomic mass is 32.2. The third kappa shape index (κ3) is 5.65. The Morgan fingerprint density at radius 2 is 2.08 bits per heavy atom. The van der Waals surface area contributed by atoms with E-state index in [1.54, 1.807) is 12.1 Å². The van der Waals surface area contributed by atoms with Gasteiger partial charge in [0.1, 0.15) is 12.4 Å². The minimum absolute atomic E-state index is 0.0308. The second-order valence-electron chi connectivity index (χ2n) is 5.25. The third-order valence-electron chi connectivity index (χ3n) is 3.39. The summed E-state index contributed by atoms with van der Waals surface area (Å²) in [5.74, 6) is -1.33. The molecule has 0 bridgehead atoms. The molecule has 0 saturated carbocycles. The molecule has 1 heterocycles. The number of nitrogens with one attached hydrogen (secondary N) is 1. The quantitative estimate of drug-likeness (QED) is 0.516. The van der Waals surface area contributed by atoms with Crippen molar-refractivity contribution in [2.45, 2.75) is 0 Å². The van der Waals surface area contributed by atoms with E-state index < -0.39 is 17.0 Å². The number of rotatable bonds is 9. The van der Waals surface area contributed by atoms with Crippen molar-refractivity contribution in [2.24, 2.45) is 0 Å². The van der Waals surface area contributed by atoms with Crippen LogP contribution >= 0.6 is 11.8 Å². The minimum Gasteiger partial charge on any atom is -0.382 e. The largest absolute Gasteiger partial charge is 0.382 e. The van der Waals surface area contributed by atoms with Gasteiger partial charge in [-0.3, -0.25) is 19.3 Å². The highest BCUT2D eigenvalue weighted by Crippen LogP contribution is 2.32. The Morgan fingerprint density at radius 1 is 1.31 bits per heavy atom. The first-order chi connectivity index (χ1) is 12.5. The molecular formula is C17H19FN2O5S. The maximum atomic E-state index is 13.7. The van der Waals surface area contributed by atoms with Crippen molar-refractivity contribution in [3.05, 3.63) is 40.6 Å². The Morgan fingerprint density at radius 3 is 2.81 bits per heavy atom. The fourth-order valence-corrected chi connectivity index (χ4v) is 2.95. The minimum atomic E-state index is -0.506. The van der Waals surface area contributed by atoms with Gasteiger partial charge in [0.2, 0.25) is 5.91 Å². The third-order valence-corrected chi connectivity index (χ3v) is 4.30. The Kier molecular flexibility index (Phi) is 7.76. The van der Waals surface area contributed by atoms with Crippen molar-refractivity contribution in [3.63, 3.8) is 0 Å². The van der Waals surface area contributed by atoms with E-state index in [4.69, 9.17) is 9.47 Å². The molecule has 140 valence electrons. The van der Waals surface area contributed by atoms with Crippen molar-refractivity contribution < 1.29 is 28.2 Å². The summed E-state index contributed by atoms with van der Waals surface area (Å²) in [6, 6.07) is 5.98. The van der Waals surface area contributed by atoms with Gasteiger partial charge >= 0.3 is 0 Å². The Balaban J connectivity index is 1.84. The number of methoxy groups -OCH3 is 1. The van der Waals surface area contributed by atoms with Gasteiger partial charge in [-0.05, 0) is 23.9 Å². The van der Waals surface area contributed by atoms with E-state index in [-0.39, 0.29) is 36.1 Å². The molecule has 1 aromatic rings. The molecule has 0 aromatic heterocycles. The molecule has 0 radical (unpaired) electrons.